The molecule has 1 fully saturated rings. The van der Waals surface area contributed by atoms with Gasteiger partial charge in [-0.1, -0.05) is 13.8 Å². The fourth-order valence-corrected chi connectivity index (χ4v) is 1.65. The van der Waals surface area contributed by atoms with Crippen LogP contribution in [0.1, 0.15) is 20.3 Å². The minimum atomic E-state index is 0.164. The number of carbonyl (C=O) groups is 1. The van der Waals surface area contributed by atoms with Gasteiger partial charge in [-0.05, 0) is 25.4 Å². The third-order valence-corrected chi connectivity index (χ3v) is 2.73. The molecule has 0 aromatic heterocycles. The minimum absolute atomic E-state index is 0.164. The van der Waals surface area contributed by atoms with Crippen LogP contribution in [-0.2, 0) is 4.79 Å². The molecule has 1 aliphatic rings. The standard InChI is InChI=1S/C10H20N2O/c1-8(2)10(13)7-12-4-3-9(5-11)6-12/h8-9H,3-7,11H2,1-2H3. The maximum atomic E-state index is 11.4. The first-order valence-electron chi connectivity index (χ1n) is 5.08. The summed E-state index contributed by atoms with van der Waals surface area (Å²) in [6, 6.07) is 0. The Morgan fingerprint density at radius 3 is 2.77 bits per heavy atom. The summed E-state index contributed by atoms with van der Waals surface area (Å²) in [5.74, 6) is 1.12. The number of likely N-dealkylation sites (tertiary alicyclic amines) is 1. The normalized spacial score (nSPS) is 24.2. The zero-order valence-corrected chi connectivity index (χ0v) is 8.62. The lowest BCUT2D eigenvalue weighted by atomic mass is 10.1. The van der Waals surface area contributed by atoms with Crippen LogP contribution in [0.3, 0.4) is 0 Å². The molecule has 3 nitrogen and oxygen atoms in total. The maximum Gasteiger partial charge on any atom is 0.149 e. The number of hydrogen-bond donors (Lipinski definition) is 1. The van der Waals surface area contributed by atoms with Crippen LogP contribution in [0.4, 0.5) is 0 Å². The Kier molecular flexibility index (Phi) is 3.88. The molecule has 1 saturated heterocycles. The minimum Gasteiger partial charge on any atom is -0.330 e. The van der Waals surface area contributed by atoms with E-state index in [1.165, 1.54) is 0 Å². The number of nitrogens with zero attached hydrogens (tertiary/aromatic N) is 1. The van der Waals surface area contributed by atoms with Gasteiger partial charge < -0.3 is 5.73 Å². The molecule has 0 aliphatic carbocycles. The van der Waals surface area contributed by atoms with Gasteiger partial charge in [0.1, 0.15) is 5.78 Å². The van der Waals surface area contributed by atoms with Gasteiger partial charge in [0.25, 0.3) is 0 Å². The Balaban J connectivity index is 2.28. The summed E-state index contributed by atoms with van der Waals surface area (Å²) in [6.07, 6.45) is 1.15. The van der Waals surface area contributed by atoms with Crippen molar-refractivity contribution in [3.05, 3.63) is 0 Å². The highest BCUT2D eigenvalue weighted by atomic mass is 16.1. The Bertz CT molecular complexity index is 180. The van der Waals surface area contributed by atoms with Crippen molar-refractivity contribution in [1.29, 1.82) is 0 Å². The van der Waals surface area contributed by atoms with E-state index in [1.54, 1.807) is 0 Å². The molecule has 76 valence electrons. The number of ketones is 1. The van der Waals surface area contributed by atoms with Gasteiger partial charge in [0.2, 0.25) is 0 Å². The Labute approximate surface area is 80.3 Å². The summed E-state index contributed by atoms with van der Waals surface area (Å²) in [4.78, 5) is 13.6. The Morgan fingerprint density at radius 1 is 1.62 bits per heavy atom. The molecular weight excluding hydrogens is 164 g/mol. The van der Waals surface area contributed by atoms with Crippen molar-refractivity contribution < 1.29 is 4.79 Å². The number of carbonyl (C=O) groups excluding carboxylic acids is 1. The summed E-state index contributed by atoms with van der Waals surface area (Å²) in [5, 5.41) is 0. The summed E-state index contributed by atoms with van der Waals surface area (Å²) >= 11 is 0. The van der Waals surface area contributed by atoms with E-state index in [2.05, 4.69) is 4.90 Å². The average molecular weight is 184 g/mol. The van der Waals surface area contributed by atoms with E-state index in [-0.39, 0.29) is 5.92 Å². The lowest BCUT2D eigenvalue weighted by molar-refractivity contribution is -0.122. The van der Waals surface area contributed by atoms with Crippen LogP contribution < -0.4 is 5.73 Å². The molecule has 1 unspecified atom stereocenters. The predicted molar refractivity (Wildman–Crippen MR) is 53.4 cm³/mol. The maximum absolute atomic E-state index is 11.4. The molecule has 3 heteroatoms. The van der Waals surface area contributed by atoms with Crippen molar-refractivity contribution in [3.63, 3.8) is 0 Å². The van der Waals surface area contributed by atoms with Gasteiger partial charge in [0, 0.05) is 12.5 Å². The summed E-state index contributed by atoms with van der Waals surface area (Å²) in [6.45, 7) is 7.34. The van der Waals surface area contributed by atoms with Gasteiger partial charge in [-0.2, -0.15) is 0 Å². The molecule has 1 aliphatic heterocycles. The third-order valence-electron chi connectivity index (χ3n) is 2.73. The monoisotopic (exact) mass is 184 g/mol. The van der Waals surface area contributed by atoms with Crippen LogP contribution >= 0.6 is 0 Å². The van der Waals surface area contributed by atoms with Crippen LogP contribution in [0.25, 0.3) is 0 Å². The highest BCUT2D eigenvalue weighted by molar-refractivity contribution is 5.82. The topological polar surface area (TPSA) is 46.3 Å². The first-order chi connectivity index (χ1) is 6.13. The molecule has 1 heterocycles. The van der Waals surface area contributed by atoms with E-state index in [4.69, 9.17) is 5.73 Å². The van der Waals surface area contributed by atoms with Gasteiger partial charge in [0.15, 0.2) is 0 Å². The molecule has 2 N–H and O–H groups in total. The molecule has 0 aromatic carbocycles. The smallest absolute Gasteiger partial charge is 0.149 e. The van der Waals surface area contributed by atoms with Gasteiger partial charge >= 0.3 is 0 Å². The second-order valence-corrected chi connectivity index (χ2v) is 4.25. The van der Waals surface area contributed by atoms with Crippen LogP contribution in [0, 0.1) is 11.8 Å². The van der Waals surface area contributed by atoms with Crippen LogP contribution in [0.15, 0.2) is 0 Å². The lowest BCUT2D eigenvalue weighted by Gasteiger charge is -2.15. The van der Waals surface area contributed by atoms with Crippen molar-refractivity contribution in [1.82, 2.24) is 4.90 Å². The molecule has 0 spiro atoms. The Hall–Kier alpha value is -0.410. The van der Waals surface area contributed by atoms with E-state index in [0.29, 0.717) is 18.2 Å². The zero-order chi connectivity index (χ0) is 9.84. The predicted octanol–water partition coefficient (Wildman–Crippen LogP) is 0.492. The van der Waals surface area contributed by atoms with Gasteiger partial charge in [-0.15, -0.1) is 0 Å². The van der Waals surface area contributed by atoms with Crippen molar-refractivity contribution >= 4 is 5.78 Å². The van der Waals surface area contributed by atoms with Gasteiger partial charge in [-0.3, -0.25) is 9.69 Å². The second-order valence-electron chi connectivity index (χ2n) is 4.25. The summed E-state index contributed by atoms with van der Waals surface area (Å²) in [5.41, 5.74) is 5.58. The van der Waals surface area contributed by atoms with E-state index in [0.717, 1.165) is 26.1 Å². The SMILES string of the molecule is CC(C)C(=O)CN1CCC(CN)C1. The number of rotatable bonds is 4. The summed E-state index contributed by atoms with van der Waals surface area (Å²) in [7, 11) is 0. The quantitative estimate of drug-likeness (QED) is 0.691. The zero-order valence-electron chi connectivity index (χ0n) is 8.62. The van der Waals surface area contributed by atoms with Gasteiger partial charge in [0.05, 0.1) is 6.54 Å². The fourth-order valence-electron chi connectivity index (χ4n) is 1.65. The lowest BCUT2D eigenvalue weighted by Crippen LogP contribution is -2.30. The van der Waals surface area contributed by atoms with Crippen molar-refractivity contribution in [3.8, 4) is 0 Å². The van der Waals surface area contributed by atoms with Crippen LogP contribution in [0.2, 0.25) is 0 Å². The van der Waals surface area contributed by atoms with Crippen LogP contribution in [-0.4, -0.2) is 36.9 Å². The molecule has 1 atom stereocenters. The number of hydrogen-bond acceptors (Lipinski definition) is 3. The summed E-state index contributed by atoms with van der Waals surface area (Å²) < 4.78 is 0. The first-order valence-corrected chi connectivity index (χ1v) is 5.08. The third kappa shape index (κ3) is 3.08. The van der Waals surface area contributed by atoms with Gasteiger partial charge in [-0.25, -0.2) is 0 Å². The van der Waals surface area contributed by atoms with E-state index >= 15 is 0 Å². The largest absolute Gasteiger partial charge is 0.330 e. The Morgan fingerprint density at radius 2 is 2.31 bits per heavy atom. The highest BCUT2D eigenvalue weighted by Gasteiger charge is 2.23. The molecule has 0 amide bonds. The number of Topliss-reactive ketones (excluding diaryl/α,β-unsaturated/α-hetero) is 1. The van der Waals surface area contributed by atoms with Crippen molar-refractivity contribution in [2.75, 3.05) is 26.2 Å². The molecular formula is C10H20N2O. The van der Waals surface area contributed by atoms with Crippen molar-refractivity contribution in [2.45, 2.75) is 20.3 Å². The molecule has 13 heavy (non-hydrogen) atoms. The molecule has 0 saturated carbocycles. The second kappa shape index (κ2) is 4.72. The number of nitrogens with two attached hydrogens (primary N) is 1. The highest BCUT2D eigenvalue weighted by Crippen LogP contribution is 2.14. The molecule has 1 rings (SSSR count). The molecule has 0 radical (unpaired) electrons. The van der Waals surface area contributed by atoms with Crippen molar-refractivity contribution in [2.24, 2.45) is 17.6 Å². The first kappa shape index (κ1) is 10.7. The van der Waals surface area contributed by atoms with E-state index in [1.807, 2.05) is 13.8 Å². The fraction of sp³-hybridized carbons (Fsp3) is 0.900. The molecule has 0 aromatic rings. The molecule has 0 bridgehead atoms. The average Bonchev–Trinajstić information content (AvgIpc) is 2.52. The van der Waals surface area contributed by atoms with Crippen LogP contribution in [0.5, 0.6) is 0 Å². The van der Waals surface area contributed by atoms with E-state index < -0.39 is 0 Å². The van der Waals surface area contributed by atoms with E-state index in [9.17, 15) is 4.79 Å².